The van der Waals surface area contributed by atoms with Crippen molar-refractivity contribution in [3.63, 3.8) is 0 Å². The summed E-state index contributed by atoms with van der Waals surface area (Å²) in [5, 5.41) is 18.6. The molecule has 0 bridgehead atoms. The van der Waals surface area contributed by atoms with Crippen molar-refractivity contribution in [1.82, 2.24) is 0 Å². The summed E-state index contributed by atoms with van der Waals surface area (Å²) in [6, 6.07) is 26.1. The molecule has 1 atom stereocenters. The third-order valence-electron chi connectivity index (χ3n) is 6.28. The van der Waals surface area contributed by atoms with Gasteiger partial charge in [-0.25, -0.2) is 0 Å². The highest BCUT2D eigenvalue weighted by atomic mass is 16.5. The maximum absolute atomic E-state index is 9.39. The van der Waals surface area contributed by atoms with E-state index >= 15 is 0 Å². The summed E-state index contributed by atoms with van der Waals surface area (Å²) in [6.07, 6.45) is 4.53. The molecular formula is C27H22N4O. The van der Waals surface area contributed by atoms with Crippen molar-refractivity contribution in [2.45, 2.75) is 24.9 Å². The third-order valence-corrected chi connectivity index (χ3v) is 6.28. The van der Waals surface area contributed by atoms with Crippen LogP contribution in [0.25, 0.3) is 11.1 Å². The van der Waals surface area contributed by atoms with Gasteiger partial charge in [-0.05, 0) is 60.4 Å². The fourth-order valence-electron chi connectivity index (χ4n) is 4.81. The SMILES string of the molecule is N#CN=C1CC2(CCCN(c3ccccc3)C2)Oc2ccc(-c3cccc(C#N)c3)cc21. The maximum Gasteiger partial charge on any atom is 0.205 e. The fourth-order valence-corrected chi connectivity index (χ4v) is 4.81. The van der Waals surface area contributed by atoms with Gasteiger partial charge in [0.1, 0.15) is 11.4 Å². The molecular weight excluding hydrogens is 396 g/mol. The second-order valence-corrected chi connectivity index (χ2v) is 8.38. The number of benzene rings is 3. The van der Waals surface area contributed by atoms with Gasteiger partial charge in [0, 0.05) is 24.2 Å². The molecule has 0 N–H and O–H groups in total. The average molecular weight is 419 g/mol. The second kappa shape index (κ2) is 8.21. The van der Waals surface area contributed by atoms with Crippen LogP contribution in [-0.4, -0.2) is 24.4 Å². The van der Waals surface area contributed by atoms with Crippen LogP contribution in [0.2, 0.25) is 0 Å². The van der Waals surface area contributed by atoms with Gasteiger partial charge in [0.05, 0.1) is 23.9 Å². The number of ether oxygens (including phenoxy) is 1. The predicted octanol–water partition coefficient (Wildman–Crippen LogP) is 5.32. The molecule has 0 saturated carbocycles. The van der Waals surface area contributed by atoms with Gasteiger partial charge >= 0.3 is 0 Å². The molecule has 5 rings (SSSR count). The van der Waals surface area contributed by atoms with E-state index < -0.39 is 5.60 Å². The summed E-state index contributed by atoms with van der Waals surface area (Å²) in [5.41, 5.74) is 4.95. The highest BCUT2D eigenvalue weighted by Crippen LogP contribution is 2.41. The van der Waals surface area contributed by atoms with Crippen LogP contribution in [-0.2, 0) is 0 Å². The Morgan fingerprint density at radius 3 is 2.59 bits per heavy atom. The van der Waals surface area contributed by atoms with Gasteiger partial charge in [-0.1, -0.05) is 36.4 Å². The molecule has 1 unspecified atom stereocenters. The van der Waals surface area contributed by atoms with E-state index in [9.17, 15) is 10.5 Å². The van der Waals surface area contributed by atoms with Gasteiger partial charge in [0.2, 0.25) is 6.19 Å². The number of aliphatic imine (C=N–C) groups is 1. The normalized spacial score (nSPS) is 20.8. The zero-order valence-corrected chi connectivity index (χ0v) is 17.7. The molecule has 2 aliphatic heterocycles. The Balaban J connectivity index is 1.51. The van der Waals surface area contributed by atoms with Gasteiger partial charge in [-0.3, -0.25) is 0 Å². The van der Waals surface area contributed by atoms with Crippen LogP contribution < -0.4 is 9.64 Å². The van der Waals surface area contributed by atoms with Gasteiger partial charge in [-0.15, -0.1) is 0 Å². The quantitative estimate of drug-likeness (QED) is 0.528. The lowest BCUT2D eigenvalue weighted by Gasteiger charge is -2.46. The molecule has 1 spiro atoms. The number of nitrogens with zero attached hydrogens (tertiary/aromatic N) is 4. The summed E-state index contributed by atoms with van der Waals surface area (Å²) in [4.78, 5) is 6.57. The first-order valence-electron chi connectivity index (χ1n) is 10.8. The molecule has 156 valence electrons. The highest BCUT2D eigenvalue weighted by molar-refractivity contribution is 6.06. The summed E-state index contributed by atoms with van der Waals surface area (Å²) in [7, 11) is 0. The summed E-state index contributed by atoms with van der Waals surface area (Å²) >= 11 is 0. The van der Waals surface area contributed by atoms with Gasteiger partial charge < -0.3 is 9.64 Å². The number of rotatable bonds is 2. The predicted molar refractivity (Wildman–Crippen MR) is 125 cm³/mol. The van der Waals surface area contributed by atoms with Crippen LogP contribution in [0.4, 0.5) is 5.69 Å². The average Bonchev–Trinajstić information content (AvgIpc) is 2.84. The molecule has 0 aromatic heterocycles. The largest absolute Gasteiger partial charge is 0.484 e. The summed E-state index contributed by atoms with van der Waals surface area (Å²) < 4.78 is 6.64. The number of hydrogen-bond donors (Lipinski definition) is 0. The number of fused-ring (bicyclic) bond motifs is 1. The van der Waals surface area contributed by atoms with Crippen LogP contribution in [0, 0.1) is 22.8 Å². The molecule has 2 heterocycles. The van der Waals surface area contributed by atoms with Crippen molar-refractivity contribution < 1.29 is 4.74 Å². The number of anilines is 1. The van der Waals surface area contributed by atoms with E-state index in [4.69, 9.17) is 4.74 Å². The standard InChI is InChI=1S/C27H22N4O/c28-17-20-6-4-7-21(14-20)22-10-11-26-24(15-22)25(30-19-29)16-27(32-26)12-5-13-31(18-27)23-8-2-1-3-9-23/h1-4,6-11,14-15H,5,12-13,16,18H2. The van der Waals surface area contributed by atoms with Crippen molar-refractivity contribution in [1.29, 1.82) is 10.5 Å². The Bertz CT molecular complexity index is 1270. The fraction of sp³-hybridized carbons (Fsp3) is 0.222. The Kier molecular flexibility index (Phi) is 5.09. The zero-order valence-electron chi connectivity index (χ0n) is 17.7. The van der Waals surface area contributed by atoms with Crippen molar-refractivity contribution in [2.24, 2.45) is 4.99 Å². The number of piperidine rings is 1. The molecule has 3 aromatic carbocycles. The van der Waals surface area contributed by atoms with Crippen molar-refractivity contribution in [2.75, 3.05) is 18.0 Å². The molecule has 2 aliphatic rings. The second-order valence-electron chi connectivity index (χ2n) is 8.38. The lowest BCUT2D eigenvalue weighted by molar-refractivity contribution is 0.0546. The topological polar surface area (TPSA) is 72.4 Å². The first-order chi connectivity index (χ1) is 15.7. The van der Waals surface area contributed by atoms with Gasteiger partial charge in [0.15, 0.2) is 0 Å². The molecule has 0 radical (unpaired) electrons. The lowest BCUT2D eigenvalue weighted by atomic mass is 9.82. The van der Waals surface area contributed by atoms with E-state index in [1.807, 2.05) is 48.7 Å². The third kappa shape index (κ3) is 3.70. The Hall–Kier alpha value is -4.09. The molecule has 0 aliphatic carbocycles. The smallest absolute Gasteiger partial charge is 0.205 e. The van der Waals surface area contributed by atoms with Crippen LogP contribution in [0.3, 0.4) is 0 Å². The number of para-hydroxylation sites is 1. The van der Waals surface area contributed by atoms with E-state index in [0.29, 0.717) is 12.0 Å². The van der Waals surface area contributed by atoms with Crippen molar-refractivity contribution in [3.05, 3.63) is 83.9 Å². The minimum atomic E-state index is -0.404. The van der Waals surface area contributed by atoms with E-state index in [-0.39, 0.29) is 0 Å². The van der Waals surface area contributed by atoms with E-state index in [2.05, 4.69) is 40.2 Å². The number of nitriles is 2. The van der Waals surface area contributed by atoms with E-state index in [1.165, 1.54) is 5.69 Å². The Morgan fingerprint density at radius 2 is 1.78 bits per heavy atom. The first-order valence-corrected chi connectivity index (χ1v) is 10.8. The Morgan fingerprint density at radius 1 is 0.938 bits per heavy atom. The summed E-state index contributed by atoms with van der Waals surface area (Å²) in [5.74, 6) is 0.764. The molecule has 32 heavy (non-hydrogen) atoms. The Labute approximate surface area is 187 Å². The highest BCUT2D eigenvalue weighted by Gasteiger charge is 2.43. The van der Waals surface area contributed by atoms with Gasteiger partial charge in [0.25, 0.3) is 0 Å². The molecule has 1 saturated heterocycles. The molecule has 3 aromatic rings. The van der Waals surface area contributed by atoms with Crippen LogP contribution in [0.15, 0.2) is 77.8 Å². The summed E-state index contributed by atoms with van der Waals surface area (Å²) in [6.45, 7) is 1.74. The number of hydrogen-bond acceptors (Lipinski definition) is 5. The molecule has 5 nitrogen and oxygen atoms in total. The first kappa shape index (κ1) is 19.8. The zero-order chi connectivity index (χ0) is 22.0. The van der Waals surface area contributed by atoms with Crippen LogP contribution >= 0.6 is 0 Å². The minimum Gasteiger partial charge on any atom is -0.484 e. The molecule has 0 amide bonds. The van der Waals surface area contributed by atoms with Crippen molar-refractivity contribution in [3.8, 4) is 29.1 Å². The van der Waals surface area contributed by atoms with Gasteiger partial charge in [-0.2, -0.15) is 15.5 Å². The lowest BCUT2D eigenvalue weighted by Crippen LogP contribution is -2.54. The van der Waals surface area contributed by atoms with E-state index in [1.54, 1.807) is 6.07 Å². The molecule has 1 fully saturated rings. The minimum absolute atomic E-state index is 0.404. The maximum atomic E-state index is 9.39. The van der Waals surface area contributed by atoms with E-state index in [0.717, 1.165) is 54.1 Å². The monoisotopic (exact) mass is 418 g/mol. The van der Waals surface area contributed by atoms with Crippen LogP contribution in [0.1, 0.15) is 30.4 Å². The van der Waals surface area contributed by atoms with Crippen LogP contribution in [0.5, 0.6) is 5.75 Å². The molecule has 5 heteroatoms. The van der Waals surface area contributed by atoms with Crippen molar-refractivity contribution >= 4 is 11.4 Å².